The van der Waals surface area contributed by atoms with E-state index in [1.165, 1.54) is 10.4 Å². The third-order valence-electron chi connectivity index (χ3n) is 4.81. The zero-order chi connectivity index (χ0) is 19.9. The number of fused-ring (bicyclic) bond motifs is 1. The first-order valence-electron chi connectivity index (χ1n) is 8.63. The molecule has 28 heavy (non-hydrogen) atoms. The maximum Gasteiger partial charge on any atom is 0.246 e. The number of nitrogens with zero attached hydrogens (tertiary/aromatic N) is 2. The predicted molar refractivity (Wildman–Crippen MR) is 94.6 cm³/mol. The first-order chi connectivity index (χ1) is 13.3. The fourth-order valence-electron chi connectivity index (χ4n) is 3.29. The van der Waals surface area contributed by atoms with Gasteiger partial charge < -0.3 is 14.6 Å². The van der Waals surface area contributed by atoms with Gasteiger partial charge in [0, 0.05) is 50.4 Å². The van der Waals surface area contributed by atoms with Crippen LogP contribution in [0.3, 0.4) is 0 Å². The molecule has 7 nitrogen and oxygen atoms in total. The van der Waals surface area contributed by atoms with Gasteiger partial charge >= 0.3 is 0 Å². The molecule has 0 amide bonds. The van der Waals surface area contributed by atoms with Crippen molar-refractivity contribution in [2.75, 3.05) is 33.0 Å². The number of piperazine rings is 1. The summed E-state index contributed by atoms with van der Waals surface area (Å²) in [5.41, 5.74) is 0.644. The average Bonchev–Trinajstić information content (AvgIpc) is 3.09. The van der Waals surface area contributed by atoms with Crippen LogP contribution in [0.2, 0.25) is 0 Å². The van der Waals surface area contributed by atoms with Gasteiger partial charge in [0.15, 0.2) is 11.5 Å². The molecule has 2 aromatic rings. The molecule has 0 atom stereocenters. The summed E-state index contributed by atoms with van der Waals surface area (Å²) in [5.74, 6) is -0.815. The van der Waals surface area contributed by atoms with Crippen molar-refractivity contribution >= 4 is 10.0 Å². The maximum atomic E-state index is 13.9. The van der Waals surface area contributed by atoms with E-state index in [2.05, 4.69) is 0 Å². The first kappa shape index (κ1) is 18.9. The largest absolute Gasteiger partial charge is 0.507 e. The molecular formula is C18H18F2N2O5S. The van der Waals surface area contributed by atoms with Crippen molar-refractivity contribution in [3.05, 3.63) is 47.5 Å². The van der Waals surface area contributed by atoms with Crippen molar-refractivity contribution in [2.45, 2.75) is 11.4 Å². The van der Waals surface area contributed by atoms with E-state index >= 15 is 0 Å². The second-order valence-electron chi connectivity index (χ2n) is 6.59. The number of benzene rings is 2. The standard InChI is InChI=1S/C18H18F2N2O5S/c19-13-1-2-18(14(20)8-13)28(24,25)22-5-3-21(4-6-22)10-12-7-16-17(9-15(12)23)27-11-26-16/h1-2,7-9,23H,3-6,10-11H2. The fourth-order valence-corrected chi connectivity index (χ4v) is 4.76. The molecule has 2 aliphatic rings. The summed E-state index contributed by atoms with van der Waals surface area (Å²) in [7, 11) is -4.04. The second kappa shape index (κ2) is 7.19. The molecule has 0 radical (unpaired) electrons. The van der Waals surface area contributed by atoms with E-state index in [4.69, 9.17) is 9.47 Å². The second-order valence-corrected chi connectivity index (χ2v) is 8.50. The van der Waals surface area contributed by atoms with Crippen LogP contribution < -0.4 is 9.47 Å². The Hall–Kier alpha value is -2.43. The Bertz CT molecular complexity index is 1010. The van der Waals surface area contributed by atoms with Crippen molar-refractivity contribution < 1.29 is 31.8 Å². The molecule has 1 fully saturated rings. The summed E-state index contributed by atoms with van der Waals surface area (Å²) in [6.07, 6.45) is 0. The monoisotopic (exact) mass is 412 g/mol. The molecule has 1 saturated heterocycles. The quantitative estimate of drug-likeness (QED) is 0.827. The number of hydrogen-bond donors (Lipinski definition) is 1. The molecule has 10 heteroatoms. The highest BCUT2D eigenvalue weighted by Gasteiger charge is 2.31. The number of rotatable bonds is 4. The number of aromatic hydroxyl groups is 1. The van der Waals surface area contributed by atoms with E-state index in [-0.39, 0.29) is 25.6 Å². The van der Waals surface area contributed by atoms with Crippen LogP contribution >= 0.6 is 0 Å². The lowest BCUT2D eigenvalue weighted by molar-refractivity contribution is 0.173. The Morgan fingerprint density at radius 1 is 1.00 bits per heavy atom. The minimum atomic E-state index is -4.04. The summed E-state index contributed by atoms with van der Waals surface area (Å²) in [6.45, 7) is 1.62. The topological polar surface area (TPSA) is 79.3 Å². The Morgan fingerprint density at radius 2 is 1.68 bits per heavy atom. The van der Waals surface area contributed by atoms with Gasteiger partial charge in [-0.3, -0.25) is 4.90 Å². The highest BCUT2D eigenvalue weighted by atomic mass is 32.2. The van der Waals surface area contributed by atoms with Crippen LogP contribution in [0, 0.1) is 11.6 Å². The molecule has 0 unspecified atom stereocenters. The predicted octanol–water partition coefficient (Wildman–Crippen LogP) is 1.91. The molecule has 150 valence electrons. The van der Waals surface area contributed by atoms with Crippen molar-refractivity contribution in [1.29, 1.82) is 0 Å². The van der Waals surface area contributed by atoms with E-state index in [9.17, 15) is 22.3 Å². The van der Waals surface area contributed by atoms with Crippen LogP contribution in [-0.2, 0) is 16.6 Å². The van der Waals surface area contributed by atoms with E-state index < -0.39 is 26.6 Å². The number of sulfonamides is 1. The van der Waals surface area contributed by atoms with Gasteiger partial charge in [-0.05, 0) is 18.2 Å². The number of ether oxygens (including phenoxy) is 2. The zero-order valence-corrected chi connectivity index (χ0v) is 15.6. The van der Waals surface area contributed by atoms with E-state index in [1.807, 2.05) is 4.90 Å². The van der Waals surface area contributed by atoms with Crippen LogP contribution in [0.4, 0.5) is 8.78 Å². The SMILES string of the molecule is O=S(=O)(c1ccc(F)cc1F)N1CCN(Cc2cc3c(cc2O)OCO3)CC1. The molecular weight excluding hydrogens is 394 g/mol. The van der Waals surface area contributed by atoms with Crippen molar-refractivity contribution in [2.24, 2.45) is 0 Å². The summed E-state index contributed by atoms with van der Waals surface area (Å²) in [5, 5.41) is 10.1. The number of phenolic OH excluding ortho intramolecular Hbond substituents is 1. The molecule has 4 rings (SSSR count). The van der Waals surface area contributed by atoms with E-state index in [0.717, 1.165) is 12.1 Å². The van der Waals surface area contributed by atoms with Crippen molar-refractivity contribution in [1.82, 2.24) is 9.21 Å². The molecule has 0 spiro atoms. The molecule has 2 aliphatic heterocycles. The van der Waals surface area contributed by atoms with Gasteiger partial charge in [0.1, 0.15) is 22.3 Å². The first-order valence-corrected chi connectivity index (χ1v) is 10.1. The Balaban J connectivity index is 1.43. The van der Waals surface area contributed by atoms with Gasteiger partial charge in [0.2, 0.25) is 16.8 Å². The van der Waals surface area contributed by atoms with Gasteiger partial charge in [0.05, 0.1) is 0 Å². The maximum absolute atomic E-state index is 13.9. The van der Waals surface area contributed by atoms with Gasteiger partial charge in [-0.25, -0.2) is 17.2 Å². The highest BCUT2D eigenvalue weighted by molar-refractivity contribution is 7.89. The fraction of sp³-hybridized carbons (Fsp3) is 0.333. The molecule has 2 aromatic carbocycles. The van der Waals surface area contributed by atoms with Crippen LogP contribution in [-0.4, -0.2) is 55.7 Å². The summed E-state index contributed by atoms with van der Waals surface area (Å²) in [6, 6.07) is 5.63. The minimum Gasteiger partial charge on any atom is -0.507 e. The third kappa shape index (κ3) is 3.50. The molecule has 1 N–H and O–H groups in total. The molecule has 0 aromatic heterocycles. The number of phenols is 1. The van der Waals surface area contributed by atoms with Crippen LogP contribution in [0.15, 0.2) is 35.2 Å². The van der Waals surface area contributed by atoms with Gasteiger partial charge in [-0.15, -0.1) is 0 Å². The average molecular weight is 412 g/mol. The lowest BCUT2D eigenvalue weighted by atomic mass is 10.1. The summed E-state index contributed by atoms with van der Waals surface area (Å²) >= 11 is 0. The van der Waals surface area contributed by atoms with Gasteiger partial charge in [0.25, 0.3) is 0 Å². The number of halogens is 2. The normalized spacial score (nSPS) is 17.8. The molecule has 2 heterocycles. The van der Waals surface area contributed by atoms with Crippen LogP contribution in [0.1, 0.15) is 5.56 Å². The van der Waals surface area contributed by atoms with Crippen LogP contribution in [0.25, 0.3) is 0 Å². The van der Waals surface area contributed by atoms with Gasteiger partial charge in [-0.2, -0.15) is 4.31 Å². The zero-order valence-electron chi connectivity index (χ0n) is 14.8. The van der Waals surface area contributed by atoms with Crippen molar-refractivity contribution in [3.8, 4) is 17.2 Å². The Labute approximate surface area is 160 Å². The van der Waals surface area contributed by atoms with Crippen LogP contribution in [0.5, 0.6) is 17.2 Å². The van der Waals surface area contributed by atoms with Crippen molar-refractivity contribution in [3.63, 3.8) is 0 Å². The molecule has 0 aliphatic carbocycles. The summed E-state index contributed by atoms with van der Waals surface area (Å²) in [4.78, 5) is 1.44. The smallest absolute Gasteiger partial charge is 0.246 e. The van der Waals surface area contributed by atoms with E-state index in [0.29, 0.717) is 42.8 Å². The van der Waals surface area contributed by atoms with Gasteiger partial charge in [-0.1, -0.05) is 0 Å². The molecule has 0 saturated carbocycles. The molecule has 0 bridgehead atoms. The number of hydrogen-bond acceptors (Lipinski definition) is 6. The lowest BCUT2D eigenvalue weighted by Gasteiger charge is -2.34. The highest BCUT2D eigenvalue weighted by Crippen LogP contribution is 2.38. The Morgan fingerprint density at radius 3 is 2.36 bits per heavy atom. The minimum absolute atomic E-state index is 0.0766. The third-order valence-corrected chi connectivity index (χ3v) is 6.74. The van der Waals surface area contributed by atoms with E-state index in [1.54, 1.807) is 6.07 Å². The Kier molecular flexibility index (Phi) is 4.86. The lowest BCUT2D eigenvalue weighted by Crippen LogP contribution is -2.48. The summed E-state index contributed by atoms with van der Waals surface area (Å²) < 4.78 is 64.0.